The number of carbonyl (C=O) groups excluding carboxylic acids is 1. The van der Waals surface area contributed by atoms with Gasteiger partial charge in [-0.3, -0.25) is 4.79 Å². The van der Waals surface area contributed by atoms with Gasteiger partial charge in [0.05, 0.1) is 18.6 Å². The number of anilines is 2. The highest BCUT2D eigenvalue weighted by molar-refractivity contribution is 8.01. The van der Waals surface area contributed by atoms with Gasteiger partial charge in [0, 0.05) is 6.54 Å². The van der Waals surface area contributed by atoms with Crippen LogP contribution in [0, 0.1) is 0 Å². The van der Waals surface area contributed by atoms with Crippen LogP contribution in [0.1, 0.15) is 32.6 Å². The zero-order chi connectivity index (χ0) is 17.9. The Labute approximate surface area is 156 Å². The average molecular weight is 381 g/mol. The van der Waals surface area contributed by atoms with Crippen molar-refractivity contribution in [3.05, 3.63) is 24.3 Å². The maximum Gasteiger partial charge on any atom is 0.230 e. The summed E-state index contributed by atoms with van der Waals surface area (Å²) in [5.74, 6) is 1.14. The fraction of sp³-hybridized carbons (Fsp3) is 0.471. The van der Waals surface area contributed by atoms with E-state index < -0.39 is 0 Å². The minimum atomic E-state index is 0.0379. The Morgan fingerprint density at radius 2 is 2.08 bits per heavy atom. The van der Waals surface area contributed by atoms with E-state index in [-0.39, 0.29) is 5.91 Å². The summed E-state index contributed by atoms with van der Waals surface area (Å²) in [6.45, 7) is 2.92. The Bertz CT molecular complexity index is 664. The van der Waals surface area contributed by atoms with E-state index in [9.17, 15) is 4.79 Å². The van der Waals surface area contributed by atoms with Gasteiger partial charge in [-0.2, -0.15) is 0 Å². The molecular formula is C17H24N4O2S2. The third kappa shape index (κ3) is 6.91. The van der Waals surface area contributed by atoms with Gasteiger partial charge in [-0.1, -0.05) is 61.4 Å². The first-order chi connectivity index (χ1) is 12.2. The minimum Gasteiger partial charge on any atom is -0.495 e. The van der Waals surface area contributed by atoms with E-state index in [2.05, 4.69) is 27.8 Å². The molecule has 0 bridgehead atoms. The Hall–Kier alpha value is -1.80. The first kappa shape index (κ1) is 19.5. The Morgan fingerprint density at radius 1 is 1.24 bits per heavy atom. The van der Waals surface area contributed by atoms with Crippen molar-refractivity contribution in [2.45, 2.75) is 36.9 Å². The molecule has 1 heterocycles. The number of methoxy groups -OCH3 is 1. The number of para-hydroxylation sites is 2. The molecule has 1 amide bonds. The molecule has 0 saturated carbocycles. The highest BCUT2D eigenvalue weighted by Gasteiger charge is 2.09. The second-order valence-corrected chi connectivity index (χ2v) is 7.60. The number of hydrogen-bond donors (Lipinski definition) is 2. The summed E-state index contributed by atoms with van der Waals surface area (Å²) in [7, 11) is 1.63. The molecule has 1 aromatic carbocycles. The number of benzene rings is 1. The monoisotopic (exact) mass is 380 g/mol. The fourth-order valence-corrected chi connectivity index (χ4v) is 3.73. The quantitative estimate of drug-likeness (QED) is 0.452. The lowest BCUT2D eigenvalue weighted by Gasteiger charge is -2.07. The van der Waals surface area contributed by atoms with Gasteiger partial charge < -0.3 is 15.4 Å². The Balaban J connectivity index is 1.75. The second kappa shape index (κ2) is 10.9. The predicted octanol–water partition coefficient (Wildman–Crippen LogP) is 4.08. The van der Waals surface area contributed by atoms with Crippen LogP contribution in [0.15, 0.2) is 28.6 Å². The summed E-state index contributed by atoms with van der Waals surface area (Å²) in [6, 6.07) is 7.63. The fourth-order valence-electron chi connectivity index (χ4n) is 2.14. The average Bonchev–Trinajstić information content (AvgIpc) is 3.08. The number of nitrogens with zero attached hydrogens (tertiary/aromatic N) is 2. The third-order valence-electron chi connectivity index (χ3n) is 3.43. The molecule has 0 fully saturated rings. The zero-order valence-electron chi connectivity index (χ0n) is 14.6. The first-order valence-electron chi connectivity index (χ1n) is 8.36. The van der Waals surface area contributed by atoms with E-state index in [1.807, 2.05) is 24.3 Å². The van der Waals surface area contributed by atoms with Crippen LogP contribution in [-0.4, -0.2) is 35.5 Å². The molecule has 25 heavy (non-hydrogen) atoms. The number of nitrogens with one attached hydrogen (secondary N) is 2. The van der Waals surface area contributed by atoms with Crippen LogP contribution in [0.25, 0.3) is 0 Å². The van der Waals surface area contributed by atoms with E-state index >= 15 is 0 Å². The lowest BCUT2D eigenvalue weighted by molar-refractivity contribution is -0.118. The molecule has 0 aliphatic rings. The van der Waals surface area contributed by atoms with Gasteiger partial charge in [0.1, 0.15) is 5.75 Å². The van der Waals surface area contributed by atoms with Gasteiger partial charge in [0.15, 0.2) is 4.34 Å². The van der Waals surface area contributed by atoms with Crippen molar-refractivity contribution in [1.29, 1.82) is 0 Å². The summed E-state index contributed by atoms with van der Waals surface area (Å²) in [5.41, 5.74) is 0.836. The molecule has 1 aromatic heterocycles. The minimum absolute atomic E-state index is 0.0379. The van der Waals surface area contributed by atoms with Crippen molar-refractivity contribution >= 4 is 39.8 Å². The lowest BCUT2D eigenvalue weighted by atomic mass is 10.2. The van der Waals surface area contributed by atoms with Gasteiger partial charge in [0.25, 0.3) is 0 Å². The van der Waals surface area contributed by atoms with Crippen LogP contribution in [0.5, 0.6) is 5.75 Å². The molecule has 2 N–H and O–H groups in total. The van der Waals surface area contributed by atoms with Crippen LogP contribution in [0.3, 0.4) is 0 Å². The molecule has 0 atom stereocenters. The highest BCUT2D eigenvalue weighted by Crippen LogP contribution is 2.31. The molecule has 2 aromatic rings. The Kier molecular flexibility index (Phi) is 8.54. The summed E-state index contributed by atoms with van der Waals surface area (Å²) in [4.78, 5) is 11.8. The van der Waals surface area contributed by atoms with Gasteiger partial charge in [-0.15, -0.1) is 10.2 Å². The molecule has 0 aliphatic heterocycles. The zero-order valence-corrected chi connectivity index (χ0v) is 16.2. The van der Waals surface area contributed by atoms with E-state index in [0.29, 0.717) is 10.9 Å². The molecule has 0 spiro atoms. The lowest BCUT2D eigenvalue weighted by Crippen LogP contribution is -2.26. The van der Waals surface area contributed by atoms with Crippen molar-refractivity contribution < 1.29 is 9.53 Å². The predicted molar refractivity (Wildman–Crippen MR) is 104 cm³/mol. The van der Waals surface area contributed by atoms with Gasteiger partial charge in [-0.05, 0) is 18.6 Å². The van der Waals surface area contributed by atoms with Crippen LogP contribution in [0.4, 0.5) is 10.8 Å². The molecule has 8 heteroatoms. The van der Waals surface area contributed by atoms with Crippen LogP contribution < -0.4 is 15.4 Å². The molecule has 136 valence electrons. The number of hydrogen-bond acceptors (Lipinski definition) is 7. The van der Waals surface area contributed by atoms with Gasteiger partial charge >= 0.3 is 0 Å². The van der Waals surface area contributed by atoms with E-state index in [0.717, 1.165) is 35.2 Å². The van der Waals surface area contributed by atoms with Crippen molar-refractivity contribution in [3.63, 3.8) is 0 Å². The first-order valence-corrected chi connectivity index (χ1v) is 10.2. The molecule has 0 aliphatic carbocycles. The summed E-state index contributed by atoms with van der Waals surface area (Å²) >= 11 is 2.82. The smallest absolute Gasteiger partial charge is 0.230 e. The topological polar surface area (TPSA) is 76.1 Å². The molecular weight excluding hydrogens is 356 g/mol. The Morgan fingerprint density at radius 3 is 2.88 bits per heavy atom. The number of carbonyl (C=O) groups is 1. The van der Waals surface area contributed by atoms with Crippen molar-refractivity contribution in [2.24, 2.45) is 0 Å². The largest absolute Gasteiger partial charge is 0.495 e. The van der Waals surface area contributed by atoms with Crippen LogP contribution in [-0.2, 0) is 4.79 Å². The van der Waals surface area contributed by atoms with Crippen molar-refractivity contribution in [2.75, 3.05) is 24.7 Å². The highest BCUT2D eigenvalue weighted by atomic mass is 32.2. The maximum atomic E-state index is 11.8. The van der Waals surface area contributed by atoms with Crippen LogP contribution >= 0.6 is 23.1 Å². The summed E-state index contributed by atoms with van der Waals surface area (Å²) in [6.07, 6.45) is 4.62. The van der Waals surface area contributed by atoms with Gasteiger partial charge in [-0.25, -0.2) is 0 Å². The standard InChI is InChI=1S/C17H24N4O2S2/c1-3-4-5-8-11-18-15(22)12-24-17-21-20-16(25-17)19-13-9-6-7-10-14(13)23-2/h6-7,9-10H,3-5,8,11-12H2,1-2H3,(H,18,22)(H,19,20). The van der Waals surface area contributed by atoms with E-state index in [1.54, 1.807) is 7.11 Å². The molecule has 0 saturated heterocycles. The van der Waals surface area contributed by atoms with Gasteiger partial charge in [0.2, 0.25) is 11.0 Å². The summed E-state index contributed by atoms with van der Waals surface area (Å²) < 4.78 is 6.06. The maximum absolute atomic E-state index is 11.8. The number of amides is 1. The van der Waals surface area contributed by atoms with E-state index in [4.69, 9.17) is 4.74 Å². The SMILES string of the molecule is CCCCCCNC(=O)CSc1nnc(Nc2ccccc2OC)s1. The number of ether oxygens (including phenoxy) is 1. The van der Waals surface area contributed by atoms with Crippen LogP contribution in [0.2, 0.25) is 0 Å². The molecule has 0 unspecified atom stereocenters. The number of thioether (sulfide) groups is 1. The van der Waals surface area contributed by atoms with Crippen molar-refractivity contribution in [3.8, 4) is 5.75 Å². The second-order valence-electron chi connectivity index (χ2n) is 5.40. The number of unbranched alkanes of at least 4 members (excludes halogenated alkanes) is 3. The molecule has 6 nitrogen and oxygen atoms in total. The number of aromatic nitrogens is 2. The molecule has 0 radical (unpaired) electrons. The normalized spacial score (nSPS) is 10.5. The summed E-state index contributed by atoms with van der Waals surface area (Å²) in [5, 5.41) is 15.0. The van der Waals surface area contributed by atoms with Crippen molar-refractivity contribution in [1.82, 2.24) is 15.5 Å². The molecule has 2 rings (SSSR count). The number of rotatable bonds is 11. The van der Waals surface area contributed by atoms with E-state index in [1.165, 1.54) is 35.9 Å². The third-order valence-corrected chi connectivity index (χ3v) is 5.41.